The molecule has 0 radical (unpaired) electrons. The first-order valence-corrected chi connectivity index (χ1v) is 9.94. The first-order chi connectivity index (χ1) is 15.0. The molecule has 0 N–H and O–H groups in total. The molecule has 0 bridgehead atoms. The molecule has 0 spiro atoms. The standard InChI is InChI=1S/C24H27NO6/c1-16-10-23(17(2)9-19(16)11-25-31-14-20-13-29-20)30-12-18-7-5-6-8-21(18)22(15-27-3)24(26)28-4/h5-11,15,20H,12-14H2,1-4H3/b22-15-,25-11+. The zero-order chi connectivity index (χ0) is 22.2. The minimum Gasteiger partial charge on any atom is -0.503 e. The fraction of sp³-hybridized carbons (Fsp3) is 0.333. The number of benzene rings is 2. The molecule has 2 aromatic rings. The predicted molar refractivity (Wildman–Crippen MR) is 117 cm³/mol. The maximum absolute atomic E-state index is 12.2. The minimum absolute atomic E-state index is 0.178. The van der Waals surface area contributed by atoms with Gasteiger partial charge in [0.1, 0.15) is 30.6 Å². The third kappa shape index (κ3) is 6.08. The number of carbonyl (C=O) groups is 1. The van der Waals surface area contributed by atoms with Crippen LogP contribution in [0, 0.1) is 13.8 Å². The van der Waals surface area contributed by atoms with Gasteiger partial charge in [-0.1, -0.05) is 29.4 Å². The van der Waals surface area contributed by atoms with E-state index < -0.39 is 5.97 Å². The highest BCUT2D eigenvalue weighted by Gasteiger charge is 2.23. The molecule has 1 saturated heterocycles. The van der Waals surface area contributed by atoms with Crippen molar-refractivity contribution in [1.82, 2.24) is 0 Å². The Morgan fingerprint density at radius 3 is 2.68 bits per heavy atom. The van der Waals surface area contributed by atoms with Gasteiger partial charge in [0, 0.05) is 0 Å². The smallest absolute Gasteiger partial charge is 0.341 e. The molecule has 1 unspecified atom stereocenters. The van der Waals surface area contributed by atoms with Crippen molar-refractivity contribution in [2.24, 2.45) is 5.16 Å². The Kier molecular flexibility index (Phi) is 7.67. The van der Waals surface area contributed by atoms with Crippen molar-refractivity contribution >= 4 is 17.8 Å². The number of ether oxygens (including phenoxy) is 4. The first-order valence-electron chi connectivity index (χ1n) is 9.94. The second kappa shape index (κ2) is 10.6. The Balaban J connectivity index is 1.73. The van der Waals surface area contributed by atoms with Crippen LogP contribution in [0.4, 0.5) is 0 Å². The lowest BCUT2D eigenvalue weighted by atomic mass is 10.0. The van der Waals surface area contributed by atoms with E-state index in [1.165, 1.54) is 20.5 Å². The normalized spacial score (nSPS) is 15.6. The van der Waals surface area contributed by atoms with Crippen LogP contribution in [-0.2, 0) is 30.4 Å². The van der Waals surface area contributed by atoms with Crippen molar-refractivity contribution in [3.8, 4) is 5.75 Å². The number of hydrogen-bond donors (Lipinski definition) is 0. The average molecular weight is 425 g/mol. The van der Waals surface area contributed by atoms with Gasteiger partial charge in [0.15, 0.2) is 0 Å². The van der Waals surface area contributed by atoms with Crippen molar-refractivity contribution < 1.29 is 28.6 Å². The number of rotatable bonds is 10. The maximum atomic E-state index is 12.2. The SMILES string of the molecule is CO/C=C(\C(=O)OC)c1ccccc1COc1cc(C)c(/C=N/OCC2CO2)cc1C. The van der Waals surface area contributed by atoms with Crippen molar-refractivity contribution in [3.05, 3.63) is 70.5 Å². The molecular weight excluding hydrogens is 398 g/mol. The molecule has 1 aliphatic heterocycles. The molecule has 1 heterocycles. The van der Waals surface area contributed by atoms with Crippen LogP contribution < -0.4 is 4.74 Å². The quantitative estimate of drug-likeness (QED) is 0.144. The highest BCUT2D eigenvalue weighted by molar-refractivity contribution is 6.16. The number of esters is 1. The zero-order valence-electron chi connectivity index (χ0n) is 18.2. The lowest BCUT2D eigenvalue weighted by molar-refractivity contribution is -0.133. The van der Waals surface area contributed by atoms with Gasteiger partial charge in [-0.3, -0.25) is 0 Å². The Bertz CT molecular complexity index is 978. The van der Waals surface area contributed by atoms with E-state index in [1.807, 2.05) is 50.2 Å². The van der Waals surface area contributed by atoms with Gasteiger partial charge >= 0.3 is 5.97 Å². The van der Waals surface area contributed by atoms with Gasteiger partial charge in [-0.25, -0.2) is 4.79 Å². The summed E-state index contributed by atoms with van der Waals surface area (Å²) in [5.74, 6) is 0.285. The van der Waals surface area contributed by atoms with Gasteiger partial charge < -0.3 is 23.8 Å². The van der Waals surface area contributed by atoms with E-state index in [0.717, 1.165) is 34.6 Å². The minimum atomic E-state index is -0.472. The fourth-order valence-electron chi connectivity index (χ4n) is 3.00. The van der Waals surface area contributed by atoms with E-state index in [0.29, 0.717) is 17.7 Å². The summed E-state index contributed by atoms with van der Waals surface area (Å²) in [5, 5.41) is 4.01. The van der Waals surface area contributed by atoms with Crippen LogP contribution in [0.15, 0.2) is 47.8 Å². The molecule has 2 aromatic carbocycles. The average Bonchev–Trinajstić information content (AvgIpc) is 3.60. The van der Waals surface area contributed by atoms with Crippen molar-refractivity contribution in [1.29, 1.82) is 0 Å². The lowest BCUT2D eigenvalue weighted by Crippen LogP contribution is -2.08. The van der Waals surface area contributed by atoms with Crippen LogP contribution in [-0.4, -0.2) is 45.7 Å². The molecule has 164 valence electrons. The second-order valence-electron chi connectivity index (χ2n) is 7.16. The van der Waals surface area contributed by atoms with Gasteiger partial charge in [0.25, 0.3) is 0 Å². The van der Waals surface area contributed by atoms with Gasteiger partial charge in [-0.2, -0.15) is 0 Å². The molecule has 7 heteroatoms. The topological polar surface area (TPSA) is 78.9 Å². The van der Waals surface area contributed by atoms with Crippen molar-refractivity contribution in [2.45, 2.75) is 26.6 Å². The molecule has 31 heavy (non-hydrogen) atoms. The highest BCUT2D eigenvalue weighted by atomic mass is 16.7. The van der Waals surface area contributed by atoms with Gasteiger partial charge in [-0.05, 0) is 53.8 Å². The van der Waals surface area contributed by atoms with Gasteiger partial charge in [0.2, 0.25) is 0 Å². The van der Waals surface area contributed by atoms with Crippen LogP contribution in [0.5, 0.6) is 5.75 Å². The van der Waals surface area contributed by atoms with Crippen LogP contribution in [0.1, 0.15) is 27.8 Å². The van der Waals surface area contributed by atoms with Crippen molar-refractivity contribution in [2.75, 3.05) is 27.4 Å². The number of aryl methyl sites for hydroxylation is 2. The molecular formula is C24H27NO6. The maximum Gasteiger partial charge on any atom is 0.341 e. The number of carbonyl (C=O) groups excluding carboxylic acids is 1. The molecule has 7 nitrogen and oxygen atoms in total. The largest absolute Gasteiger partial charge is 0.503 e. The molecule has 1 fully saturated rings. The second-order valence-corrected chi connectivity index (χ2v) is 7.16. The van der Waals surface area contributed by atoms with E-state index in [9.17, 15) is 4.79 Å². The zero-order valence-corrected chi connectivity index (χ0v) is 18.2. The number of epoxide rings is 1. The number of methoxy groups -OCH3 is 2. The van der Waals surface area contributed by atoms with E-state index in [4.69, 9.17) is 23.8 Å². The highest BCUT2D eigenvalue weighted by Crippen LogP contribution is 2.26. The summed E-state index contributed by atoms with van der Waals surface area (Å²) in [6.07, 6.45) is 3.25. The van der Waals surface area contributed by atoms with Gasteiger partial charge in [-0.15, -0.1) is 0 Å². The molecule has 0 aliphatic carbocycles. The van der Waals surface area contributed by atoms with E-state index >= 15 is 0 Å². The van der Waals surface area contributed by atoms with Crippen LogP contribution in [0.2, 0.25) is 0 Å². The van der Waals surface area contributed by atoms with Crippen LogP contribution in [0.3, 0.4) is 0 Å². The summed E-state index contributed by atoms with van der Waals surface area (Å²) in [7, 11) is 2.83. The van der Waals surface area contributed by atoms with E-state index in [1.54, 1.807) is 6.21 Å². The monoisotopic (exact) mass is 425 g/mol. The summed E-state index contributed by atoms with van der Waals surface area (Å²) in [4.78, 5) is 17.4. The molecule has 1 atom stereocenters. The Morgan fingerprint density at radius 2 is 1.97 bits per heavy atom. The molecule has 1 aliphatic rings. The molecule has 3 rings (SSSR count). The Morgan fingerprint density at radius 1 is 1.19 bits per heavy atom. The van der Waals surface area contributed by atoms with Crippen LogP contribution in [0.25, 0.3) is 5.57 Å². The van der Waals surface area contributed by atoms with Crippen molar-refractivity contribution in [3.63, 3.8) is 0 Å². The van der Waals surface area contributed by atoms with E-state index in [-0.39, 0.29) is 12.7 Å². The summed E-state index contributed by atoms with van der Waals surface area (Å²) < 4.78 is 21.1. The molecule has 0 aromatic heterocycles. The summed E-state index contributed by atoms with van der Waals surface area (Å²) in [5.41, 5.74) is 4.81. The van der Waals surface area contributed by atoms with Gasteiger partial charge in [0.05, 0.1) is 33.3 Å². The van der Waals surface area contributed by atoms with Crippen LogP contribution >= 0.6 is 0 Å². The fourth-order valence-corrected chi connectivity index (χ4v) is 3.00. The predicted octanol–water partition coefficient (Wildman–Crippen LogP) is 3.79. The third-order valence-corrected chi connectivity index (χ3v) is 4.82. The summed E-state index contributed by atoms with van der Waals surface area (Å²) >= 11 is 0. The number of hydrogen-bond acceptors (Lipinski definition) is 7. The Labute approximate surface area is 182 Å². The first kappa shape index (κ1) is 22.4. The summed E-state index contributed by atoms with van der Waals surface area (Å²) in [6, 6.07) is 11.5. The number of nitrogens with zero attached hydrogens (tertiary/aromatic N) is 1. The summed E-state index contributed by atoms with van der Waals surface area (Å²) in [6.45, 7) is 5.46. The third-order valence-electron chi connectivity index (χ3n) is 4.82. The molecule has 0 saturated carbocycles. The molecule has 0 amide bonds. The Hall–Kier alpha value is -3.32. The number of oxime groups is 1. The lowest BCUT2D eigenvalue weighted by Gasteiger charge is -2.15. The van der Waals surface area contributed by atoms with E-state index in [2.05, 4.69) is 5.16 Å².